The van der Waals surface area contributed by atoms with Crippen LogP contribution >= 0.6 is 0 Å². The highest BCUT2D eigenvalue weighted by Crippen LogP contribution is 2.20. The second-order valence-corrected chi connectivity index (χ2v) is 6.01. The normalized spacial score (nSPS) is 17.6. The van der Waals surface area contributed by atoms with Crippen molar-refractivity contribution in [2.75, 3.05) is 13.6 Å². The molecule has 2 aromatic heterocycles. The van der Waals surface area contributed by atoms with Crippen molar-refractivity contribution in [3.05, 3.63) is 41.7 Å². The van der Waals surface area contributed by atoms with Gasteiger partial charge in [-0.25, -0.2) is 4.98 Å². The van der Waals surface area contributed by atoms with Crippen LogP contribution in [0.3, 0.4) is 0 Å². The van der Waals surface area contributed by atoms with Crippen LogP contribution in [-0.2, 0) is 20.0 Å². The van der Waals surface area contributed by atoms with Gasteiger partial charge in [0.2, 0.25) is 0 Å². The number of aromatic nitrogens is 3. The lowest BCUT2D eigenvalue weighted by molar-refractivity contribution is 0.0751. The Labute approximate surface area is 125 Å². The molecule has 0 saturated carbocycles. The monoisotopic (exact) mass is 286 g/mol. The smallest absolute Gasteiger partial charge is 0.270 e. The molecule has 0 radical (unpaired) electrons. The van der Waals surface area contributed by atoms with Crippen LogP contribution in [-0.4, -0.2) is 38.5 Å². The van der Waals surface area contributed by atoms with Crippen molar-refractivity contribution in [3.63, 3.8) is 0 Å². The zero-order valence-electron chi connectivity index (χ0n) is 12.9. The van der Waals surface area contributed by atoms with Crippen molar-refractivity contribution in [1.82, 2.24) is 19.0 Å². The summed E-state index contributed by atoms with van der Waals surface area (Å²) in [6.07, 6.45) is 5.99. The van der Waals surface area contributed by atoms with Crippen molar-refractivity contribution in [2.24, 2.45) is 13.0 Å². The molecule has 0 aliphatic carbocycles. The summed E-state index contributed by atoms with van der Waals surface area (Å²) < 4.78 is 4.16. The topological polar surface area (TPSA) is 43.1 Å². The highest BCUT2D eigenvalue weighted by molar-refractivity contribution is 5.92. The predicted octanol–water partition coefficient (Wildman–Crippen LogP) is 1.86. The van der Waals surface area contributed by atoms with Gasteiger partial charge in [0.15, 0.2) is 0 Å². The second kappa shape index (κ2) is 5.39. The van der Waals surface area contributed by atoms with Crippen molar-refractivity contribution in [2.45, 2.75) is 26.3 Å². The summed E-state index contributed by atoms with van der Waals surface area (Å²) in [5.74, 6) is 1.77. The molecule has 0 spiro atoms. The number of hydrogen-bond donors (Lipinski definition) is 0. The van der Waals surface area contributed by atoms with E-state index in [0.717, 1.165) is 37.3 Å². The molecule has 112 valence electrons. The lowest BCUT2D eigenvalue weighted by Gasteiger charge is -2.28. The van der Waals surface area contributed by atoms with Gasteiger partial charge in [0.05, 0.1) is 0 Å². The first kappa shape index (κ1) is 13.9. The van der Waals surface area contributed by atoms with Gasteiger partial charge in [-0.1, -0.05) is 0 Å². The van der Waals surface area contributed by atoms with Crippen molar-refractivity contribution in [1.29, 1.82) is 0 Å². The van der Waals surface area contributed by atoms with Gasteiger partial charge < -0.3 is 14.0 Å². The lowest BCUT2D eigenvalue weighted by Crippen LogP contribution is -2.36. The standard InChI is InChI=1S/C16H22N4O/c1-12-4-6-14(19(12)3)16(21)18(2)10-13-5-7-15-17-8-9-20(15)11-13/h4,6,8-9,13H,5,7,10-11H2,1-3H3. The van der Waals surface area contributed by atoms with E-state index in [0.29, 0.717) is 5.92 Å². The maximum Gasteiger partial charge on any atom is 0.270 e. The van der Waals surface area contributed by atoms with Crippen molar-refractivity contribution in [3.8, 4) is 0 Å². The Morgan fingerprint density at radius 3 is 3.00 bits per heavy atom. The minimum atomic E-state index is 0.0991. The lowest BCUT2D eigenvalue weighted by atomic mass is 9.99. The molecule has 0 aromatic carbocycles. The first-order valence-corrected chi connectivity index (χ1v) is 7.44. The molecule has 1 aliphatic heterocycles. The summed E-state index contributed by atoms with van der Waals surface area (Å²) in [4.78, 5) is 18.7. The average Bonchev–Trinajstić information content (AvgIpc) is 3.05. The highest BCUT2D eigenvalue weighted by Gasteiger charge is 2.23. The van der Waals surface area contributed by atoms with Gasteiger partial charge in [-0.2, -0.15) is 0 Å². The van der Waals surface area contributed by atoms with Crippen LogP contribution in [0.5, 0.6) is 0 Å². The largest absolute Gasteiger partial charge is 0.344 e. The third-order valence-corrected chi connectivity index (χ3v) is 4.50. The summed E-state index contributed by atoms with van der Waals surface area (Å²) in [5, 5.41) is 0. The van der Waals surface area contributed by atoms with E-state index in [1.807, 2.05) is 55.0 Å². The molecule has 1 unspecified atom stereocenters. The zero-order valence-corrected chi connectivity index (χ0v) is 12.9. The van der Waals surface area contributed by atoms with E-state index >= 15 is 0 Å². The number of amides is 1. The summed E-state index contributed by atoms with van der Waals surface area (Å²) >= 11 is 0. The molecule has 0 N–H and O–H groups in total. The summed E-state index contributed by atoms with van der Waals surface area (Å²) in [6, 6.07) is 3.89. The van der Waals surface area contributed by atoms with Gasteiger partial charge in [0.1, 0.15) is 11.5 Å². The van der Waals surface area contributed by atoms with Gasteiger partial charge in [0.25, 0.3) is 5.91 Å². The molecule has 5 heteroatoms. The van der Waals surface area contributed by atoms with E-state index in [-0.39, 0.29) is 5.91 Å². The van der Waals surface area contributed by atoms with Crippen LogP contribution < -0.4 is 0 Å². The second-order valence-electron chi connectivity index (χ2n) is 6.01. The fraction of sp³-hybridized carbons (Fsp3) is 0.500. The molecule has 1 atom stereocenters. The van der Waals surface area contributed by atoms with Crippen molar-refractivity contribution < 1.29 is 4.79 Å². The Kier molecular flexibility index (Phi) is 3.57. The van der Waals surface area contributed by atoms with E-state index in [1.165, 1.54) is 5.82 Å². The van der Waals surface area contributed by atoms with Crippen molar-refractivity contribution >= 4 is 5.91 Å². The number of nitrogens with zero attached hydrogens (tertiary/aromatic N) is 4. The molecule has 1 amide bonds. The van der Waals surface area contributed by atoms with Crippen LogP contribution in [0.4, 0.5) is 0 Å². The number of carbonyl (C=O) groups is 1. The number of carbonyl (C=O) groups excluding carboxylic acids is 1. The highest BCUT2D eigenvalue weighted by atomic mass is 16.2. The van der Waals surface area contributed by atoms with Crippen LogP contribution in [0.1, 0.15) is 28.4 Å². The zero-order chi connectivity index (χ0) is 15.0. The number of rotatable bonds is 3. The molecule has 1 aliphatic rings. The summed E-state index contributed by atoms with van der Waals surface area (Å²) in [7, 11) is 3.84. The first-order chi connectivity index (χ1) is 10.1. The number of aryl methyl sites for hydroxylation is 2. The van der Waals surface area contributed by atoms with E-state index in [9.17, 15) is 4.79 Å². The molecule has 21 heavy (non-hydrogen) atoms. The molecule has 0 bridgehead atoms. The van der Waals surface area contributed by atoms with Gasteiger partial charge in [-0.3, -0.25) is 4.79 Å². The maximum atomic E-state index is 12.5. The maximum absolute atomic E-state index is 12.5. The number of imidazole rings is 1. The van der Waals surface area contributed by atoms with Gasteiger partial charge in [-0.15, -0.1) is 0 Å². The molecular weight excluding hydrogens is 264 g/mol. The average molecular weight is 286 g/mol. The fourth-order valence-corrected chi connectivity index (χ4v) is 3.08. The molecular formula is C16H22N4O. The quantitative estimate of drug-likeness (QED) is 0.864. The van der Waals surface area contributed by atoms with E-state index < -0.39 is 0 Å². The van der Waals surface area contributed by atoms with Crippen LogP contribution in [0.2, 0.25) is 0 Å². The van der Waals surface area contributed by atoms with Gasteiger partial charge in [-0.05, 0) is 31.4 Å². The Balaban J connectivity index is 1.66. The van der Waals surface area contributed by atoms with Gasteiger partial charge in [0, 0.05) is 51.7 Å². The van der Waals surface area contributed by atoms with Crippen LogP contribution in [0, 0.1) is 12.8 Å². The molecule has 2 aromatic rings. The molecule has 3 rings (SSSR count). The molecule has 5 nitrogen and oxygen atoms in total. The molecule has 0 fully saturated rings. The van der Waals surface area contributed by atoms with Gasteiger partial charge >= 0.3 is 0 Å². The Bertz CT molecular complexity index is 655. The van der Waals surface area contributed by atoms with Crippen LogP contribution in [0.15, 0.2) is 24.5 Å². The minimum Gasteiger partial charge on any atom is -0.344 e. The number of fused-ring (bicyclic) bond motifs is 1. The SMILES string of the molecule is Cc1ccc(C(=O)N(C)CC2CCc3nccn3C2)n1C. The van der Waals surface area contributed by atoms with E-state index in [1.54, 1.807) is 0 Å². The third-order valence-electron chi connectivity index (χ3n) is 4.50. The van der Waals surface area contributed by atoms with E-state index in [4.69, 9.17) is 0 Å². The Morgan fingerprint density at radius 1 is 1.48 bits per heavy atom. The molecule has 3 heterocycles. The third kappa shape index (κ3) is 2.60. The number of hydrogen-bond acceptors (Lipinski definition) is 2. The minimum absolute atomic E-state index is 0.0991. The summed E-state index contributed by atoms with van der Waals surface area (Å²) in [5.41, 5.74) is 1.86. The van der Waals surface area contributed by atoms with Crippen LogP contribution in [0.25, 0.3) is 0 Å². The predicted molar refractivity (Wildman–Crippen MR) is 81.1 cm³/mol. The summed E-state index contributed by atoms with van der Waals surface area (Å²) in [6.45, 7) is 3.76. The van der Waals surface area contributed by atoms with E-state index in [2.05, 4.69) is 9.55 Å². The molecule has 0 saturated heterocycles. The first-order valence-electron chi connectivity index (χ1n) is 7.44. The Morgan fingerprint density at radius 2 is 2.29 bits per heavy atom. The Hall–Kier alpha value is -2.04. The fourth-order valence-electron chi connectivity index (χ4n) is 3.08.